The fraction of sp³-hybridized carbons (Fsp3) is 0.0909. The molecule has 1 aromatic heterocycles. The van der Waals surface area contributed by atoms with E-state index < -0.39 is 17.3 Å². The van der Waals surface area contributed by atoms with Crippen molar-refractivity contribution in [3.05, 3.63) is 46.3 Å². The summed E-state index contributed by atoms with van der Waals surface area (Å²) < 4.78 is 13.0. The van der Waals surface area contributed by atoms with Crippen molar-refractivity contribution in [1.82, 2.24) is 9.97 Å². The predicted octanol–water partition coefficient (Wildman–Crippen LogP) is 1.59. The van der Waals surface area contributed by atoms with Crippen molar-refractivity contribution in [2.24, 2.45) is 0 Å². The number of aromatic hydroxyl groups is 1. The third-order valence-electron chi connectivity index (χ3n) is 2.13. The summed E-state index contributed by atoms with van der Waals surface area (Å²) >= 11 is 0. The Hall–Kier alpha value is -2.17. The molecule has 0 spiro atoms. The Balaban J connectivity index is 2.70. The van der Waals surface area contributed by atoms with Crippen LogP contribution in [0, 0.1) is 12.7 Å². The normalized spacial score (nSPS) is 10.4. The Morgan fingerprint density at radius 2 is 2.19 bits per heavy atom. The maximum absolute atomic E-state index is 13.0. The van der Waals surface area contributed by atoms with Crippen LogP contribution < -0.4 is 5.56 Å². The average Bonchev–Trinajstić information content (AvgIpc) is 2.15. The van der Waals surface area contributed by atoms with Crippen LogP contribution in [0.4, 0.5) is 4.39 Å². The second kappa shape index (κ2) is 3.77. The standard InChI is InChI=1S/C11H9FN2O2/c1-6-13-10(15)9(11(16)14-6)7-3-2-4-8(12)5-7/h2-5H,1H3,(H2,13,14,15,16). The fourth-order valence-electron chi connectivity index (χ4n) is 1.48. The summed E-state index contributed by atoms with van der Waals surface area (Å²) in [6.07, 6.45) is 0. The van der Waals surface area contributed by atoms with E-state index in [2.05, 4.69) is 9.97 Å². The van der Waals surface area contributed by atoms with E-state index in [0.29, 0.717) is 11.4 Å². The lowest BCUT2D eigenvalue weighted by molar-refractivity contribution is 0.451. The van der Waals surface area contributed by atoms with Crippen molar-refractivity contribution in [3.63, 3.8) is 0 Å². The molecule has 16 heavy (non-hydrogen) atoms. The molecule has 5 heteroatoms. The number of hydrogen-bond donors (Lipinski definition) is 2. The van der Waals surface area contributed by atoms with Crippen molar-refractivity contribution in [1.29, 1.82) is 0 Å². The minimum atomic E-state index is -0.490. The quantitative estimate of drug-likeness (QED) is 0.766. The molecule has 2 N–H and O–H groups in total. The number of hydrogen-bond acceptors (Lipinski definition) is 3. The van der Waals surface area contributed by atoms with Crippen LogP contribution in [-0.4, -0.2) is 15.1 Å². The van der Waals surface area contributed by atoms with Gasteiger partial charge in [0.25, 0.3) is 5.56 Å². The van der Waals surface area contributed by atoms with Gasteiger partial charge in [0, 0.05) is 0 Å². The molecule has 0 amide bonds. The molecule has 0 radical (unpaired) electrons. The Morgan fingerprint density at radius 1 is 1.44 bits per heavy atom. The van der Waals surface area contributed by atoms with Gasteiger partial charge in [-0.3, -0.25) is 4.79 Å². The van der Waals surface area contributed by atoms with Crippen molar-refractivity contribution >= 4 is 0 Å². The lowest BCUT2D eigenvalue weighted by Crippen LogP contribution is -2.12. The van der Waals surface area contributed by atoms with Gasteiger partial charge in [-0.25, -0.2) is 9.37 Å². The lowest BCUT2D eigenvalue weighted by atomic mass is 10.1. The molecular weight excluding hydrogens is 211 g/mol. The van der Waals surface area contributed by atoms with Gasteiger partial charge in [0.15, 0.2) is 0 Å². The number of halogens is 1. The van der Waals surface area contributed by atoms with E-state index in [1.54, 1.807) is 6.92 Å². The van der Waals surface area contributed by atoms with Crippen LogP contribution in [-0.2, 0) is 0 Å². The number of nitrogens with zero attached hydrogens (tertiary/aromatic N) is 1. The fourth-order valence-corrected chi connectivity index (χ4v) is 1.48. The molecule has 2 aromatic rings. The molecule has 0 fully saturated rings. The minimum absolute atomic E-state index is 0.0231. The number of aromatic amines is 1. The summed E-state index contributed by atoms with van der Waals surface area (Å²) in [5, 5.41) is 9.56. The molecule has 0 atom stereocenters. The van der Waals surface area contributed by atoms with Crippen LogP contribution in [0.5, 0.6) is 5.88 Å². The molecule has 0 aliphatic rings. The van der Waals surface area contributed by atoms with Crippen LogP contribution >= 0.6 is 0 Å². The second-order valence-electron chi connectivity index (χ2n) is 3.36. The summed E-state index contributed by atoms with van der Waals surface area (Å²) in [5.41, 5.74) is -0.216. The van der Waals surface area contributed by atoms with E-state index >= 15 is 0 Å². The highest BCUT2D eigenvalue weighted by Crippen LogP contribution is 2.23. The molecule has 4 nitrogen and oxygen atoms in total. The first-order chi connectivity index (χ1) is 7.58. The highest BCUT2D eigenvalue weighted by atomic mass is 19.1. The van der Waals surface area contributed by atoms with E-state index in [1.165, 1.54) is 24.3 Å². The topological polar surface area (TPSA) is 66.0 Å². The van der Waals surface area contributed by atoms with E-state index in [9.17, 15) is 14.3 Å². The van der Waals surface area contributed by atoms with Crippen molar-refractivity contribution in [3.8, 4) is 17.0 Å². The number of nitrogens with one attached hydrogen (secondary N) is 1. The van der Waals surface area contributed by atoms with Gasteiger partial charge in [0.2, 0.25) is 5.88 Å². The molecule has 0 saturated heterocycles. The molecule has 0 aliphatic heterocycles. The van der Waals surface area contributed by atoms with E-state index in [4.69, 9.17) is 0 Å². The van der Waals surface area contributed by atoms with E-state index in [-0.39, 0.29) is 5.56 Å². The molecule has 0 bridgehead atoms. The van der Waals surface area contributed by atoms with Gasteiger partial charge < -0.3 is 10.1 Å². The van der Waals surface area contributed by atoms with Crippen molar-refractivity contribution < 1.29 is 9.50 Å². The van der Waals surface area contributed by atoms with Gasteiger partial charge in [0.05, 0.1) is 0 Å². The van der Waals surface area contributed by atoms with E-state index in [1.807, 2.05) is 0 Å². The van der Waals surface area contributed by atoms with Gasteiger partial charge in [0.1, 0.15) is 17.2 Å². The zero-order valence-electron chi connectivity index (χ0n) is 8.49. The van der Waals surface area contributed by atoms with Gasteiger partial charge >= 0.3 is 0 Å². The Morgan fingerprint density at radius 3 is 2.81 bits per heavy atom. The largest absolute Gasteiger partial charge is 0.493 e. The zero-order valence-corrected chi connectivity index (χ0v) is 8.49. The Kier molecular flexibility index (Phi) is 2.44. The molecule has 1 aromatic carbocycles. The summed E-state index contributed by atoms with van der Waals surface area (Å²) in [6.45, 7) is 1.55. The summed E-state index contributed by atoms with van der Waals surface area (Å²) in [7, 11) is 0. The van der Waals surface area contributed by atoms with Crippen LogP contribution in [0.1, 0.15) is 5.82 Å². The number of H-pyrrole nitrogens is 1. The molecule has 0 unspecified atom stereocenters. The number of aromatic nitrogens is 2. The average molecular weight is 220 g/mol. The molecule has 0 aliphatic carbocycles. The first kappa shape index (κ1) is 10.4. The predicted molar refractivity (Wildman–Crippen MR) is 56.7 cm³/mol. The second-order valence-corrected chi connectivity index (χ2v) is 3.36. The first-order valence-electron chi connectivity index (χ1n) is 4.64. The zero-order chi connectivity index (χ0) is 11.7. The maximum atomic E-state index is 13.0. The van der Waals surface area contributed by atoms with Gasteiger partial charge in [-0.1, -0.05) is 12.1 Å². The third kappa shape index (κ3) is 1.79. The molecule has 0 saturated carbocycles. The minimum Gasteiger partial charge on any atom is -0.493 e. The molecule has 82 valence electrons. The number of benzene rings is 1. The number of aryl methyl sites for hydroxylation is 1. The highest BCUT2D eigenvalue weighted by molar-refractivity contribution is 5.67. The summed E-state index contributed by atoms with van der Waals surface area (Å²) in [5.74, 6) is -0.564. The van der Waals surface area contributed by atoms with Crippen molar-refractivity contribution in [2.75, 3.05) is 0 Å². The van der Waals surface area contributed by atoms with Crippen LogP contribution in [0.25, 0.3) is 11.1 Å². The van der Waals surface area contributed by atoms with Crippen molar-refractivity contribution in [2.45, 2.75) is 6.92 Å². The van der Waals surface area contributed by atoms with Gasteiger partial charge in [-0.2, -0.15) is 0 Å². The third-order valence-corrected chi connectivity index (χ3v) is 2.13. The summed E-state index contributed by atoms with van der Waals surface area (Å²) in [6, 6.07) is 5.42. The van der Waals surface area contributed by atoms with E-state index in [0.717, 1.165) is 0 Å². The van der Waals surface area contributed by atoms with Crippen LogP contribution in [0.3, 0.4) is 0 Å². The monoisotopic (exact) mass is 220 g/mol. The molecule has 2 rings (SSSR count). The smallest absolute Gasteiger partial charge is 0.262 e. The SMILES string of the molecule is Cc1nc(O)c(-c2cccc(F)c2)c(=O)[nH]1. The van der Waals surface area contributed by atoms with Gasteiger partial charge in [-0.15, -0.1) is 0 Å². The summed E-state index contributed by atoms with van der Waals surface area (Å²) in [4.78, 5) is 17.8. The first-order valence-corrected chi connectivity index (χ1v) is 4.64. The Bertz CT molecular complexity index is 593. The molecular formula is C11H9FN2O2. The number of rotatable bonds is 1. The van der Waals surface area contributed by atoms with Gasteiger partial charge in [-0.05, 0) is 24.6 Å². The molecule has 1 heterocycles. The van der Waals surface area contributed by atoms with Crippen LogP contribution in [0.15, 0.2) is 29.1 Å². The highest BCUT2D eigenvalue weighted by Gasteiger charge is 2.11. The maximum Gasteiger partial charge on any atom is 0.262 e. The lowest BCUT2D eigenvalue weighted by Gasteiger charge is -2.03. The van der Waals surface area contributed by atoms with Crippen LogP contribution in [0.2, 0.25) is 0 Å². The Labute approximate surface area is 90.4 Å².